The Bertz CT molecular complexity index is 551. The molecule has 6 heteroatoms. The molecular formula is C18H28N4O2. The Balaban J connectivity index is 2.07. The first kappa shape index (κ1) is 18.3. The molecule has 0 unspecified atom stereocenters. The zero-order chi connectivity index (χ0) is 17.5. The summed E-state index contributed by atoms with van der Waals surface area (Å²) in [6, 6.07) is 8.49. The third-order valence-corrected chi connectivity index (χ3v) is 4.38. The van der Waals surface area contributed by atoms with Crippen LogP contribution in [0.4, 0.5) is 5.69 Å². The van der Waals surface area contributed by atoms with Crippen LogP contribution in [0.5, 0.6) is 0 Å². The van der Waals surface area contributed by atoms with Gasteiger partial charge in [-0.25, -0.2) is 0 Å². The van der Waals surface area contributed by atoms with Gasteiger partial charge in [-0.3, -0.25) is 14.5 Å². The number of anilines is 1. The predicted octanol–water partition coefficient (Wildman–Crippen LogP) is 1.14. The topological polar surface area (TPSA) is 64.7 Å². The van der Waals surface area contributed by atoms with E-state index in [9.17, 15) is 9.59 Å². The van der Waals surface area contributed by atoms with Crippen molar-refractivity contribution in [2.75, 3.05) is 45.2 Å². The maximum atomic E-state index is 11.9. The number of rotatable bonds is 6. The highest BCUT2D eigenvalue weighted by atomic mass is 16.2. The Morgan fingerprint density at radius 1 is 1.08 bits per heavy atom. The van der Waals surface area contributed by atoms with E-state index in [0.717, 1.165) is 18.8 Å². The lowest BCUT2D eigenvalue weighted by Gasteiger charge is -2.28. The van der Waals surface area contributed by atoms with Crippen LogP contribution in [-0.4, -0.2) is 57.0 Å². The molecule has 1 aromatic carbocycles. The minimum atomic E-state index is -0.569. The van der Waals surface area contributed by atoms with Gasteiger partial charge in [-0.2, -0.15) is 0 Å². The average Bonchev–Trinajstić information content (AvgIpc) is 3.09. The van der Waals surface area contributed by atoms with E-state index >= 15 is 0 Å². The summed E-state index contributed by atoms with van der Waals surface area (Å²) in [5, 5.41) is 5.31. The first-order chi connectivity index (χ1) is 11.5. The van der Waals surface area contributed by atoms with Crippen molar-refractivity contribution in [2.45, 2.75) is 25.8 Å². The van der Waals surface area contributed by atoms with E-state index in [1.807, 2.05) is 14.1 Å². The van der Waals surface area contributed by atoms with Crippen LogP contribution in [0.25, 0.3) is 0 Å². The normalized spacial score (nSPS) is 15.8. The summed E-state index contributed by atoms with van der Waals surface area (Å²) >= 11 is 0. The van der Waals surface area contributed by atoms with Crippen LogP contribution in [0.3, 0.4) is 0 Å². The number of likely N-dealkylation sites (tertiary alicyclic amines) is 1. The van der Waals surface area contributed by atoms with Crippen molar-refractivity contribution in [3.8, 4) is 0 Å². The lowest BCUT2D eigenvalue weighted by Crippen LogP contribution is -2.43. The van der Waals surface area contributed by atoms with Crippen molar-refractivity contribution in [3.63, 3.8) is 0 Å². The summed E-state index contributed by atoms with van der Waals surface area (Å²) in [5.74, 6) is -1.13. The Hall–Kier alpha value is -2.08. The molecule has 1 aliphatic rings. The zero-order valence-corrected chi connectivity index (χ0v) is 14.8. The molecule has 2 amide bonds. The molecule has 1 aromatic rings. The van der Waals surface area contributed by atoms with E-state index in [4.69, 9.17) is 0 Å². The highest BCUT2D eigenvalue weighted by Crippen LogP contribution is 2.26. The largest absolute Gasteiger partial charge is 0.378 e. The van der Waals surface area contributed by atoms with Gasteiger partial charge in [-0.15, -0.1) is 0 Å². The molecule has 1 atom stereocenters. The molecule has 1 fully saturated rings. The van der Waals surface area contributed by atoms with Gasteiger partial charge >= 0.3 is 11.8 Å². The number of nitrogens with one attached hydrogen (secondary N) is 2. The summed E-state index contributed by atoms with van der Waals surface area (Å²) in [7, 11) is 4.03. The molecule has 0 radical (unpaired) electrons. The SMILES string of the molecule is CCNC(=O)C(=O)NC[C@@H](c1ccc(N(C)C)cc1)N1CCCC1. The number of benzene rings is 1. The summed E-state index contributed by atoms with van der Waals surface area (Å²) in [5.41, 5.74) is 2.31. The van der Waals surface area contributed by atoms with Crippen LogP contribution in [0.2, 0.25) is 0 Å². The number of carbonyl (C=O) groups excluding carboxylic acids is 2. The van der Waals surface area contributed by atoms with Crippen LogP contribution in [0.15, 0.2) is 24.3 Å². The number of hydrogen-bond acceptors (Lipinski definition) is 4. The highest BCUT2D eigenvalue weighted by molar-refractivity contribution is 6.35. The van der Waals surface area contributed by atoms with Gasteiger partial charge in [0.2, 0.25) is 0 Å². The molecule has 0 aliphatic carbocycles. The first-order valence-electron chi connectivity index (χ1n) is 8.60. The minimum Gasteiger partial charge on any atom is -0.378 e. The second-order valence-corrected chi connectivity index (χ2v) is 6.31. The summed E-state index contributed by atoms with van der Waals surface area (Å²) in [4.78, 5) is 27.9. The van der Waals surface area contributed by atoms with Gasteiger partial charge in [0.15, 0.2) is 0 Å². The fraction of sp³-hybridized carbons (Fsp3) is 0.556. The van der Waals surface area contributed by atoms with Crippen molar-refractivity contribution < 1.29 is 9.59 Å². The lowest BCUT2D eigenvalue weighted by molar-refractivity contribution is -0.139. The molecule has 0 bridgehead atoms. The molecule has 2 N–H and O–H groups in total. The number of carbonyl (C=O) groups is 2. The van der Waals surface area contributed by atoms with Crippen LogP contribution in [-0.2, 0) is 9.59 Å². The highest BCUT2D eigenvalue weighted by Gasteiger charge is 2.25. The molecule has 0 aromatic heterocycles. The first-order valence-corrected chi connectivity index (χ1v) is 8.60. The van der Waals surface area contributed by atoms with Gasteiger partial charge in [-0.05, 0) is 50.6 Å². The Kier molecular flexibility index (Phi) is 6.61. The molecule has 1 saturated heterocycles. The maximum absolute atomic E-state index is 11.9. The van der Waals surface area contributed by atoms with E-state index in [2.05, 4.69) is 44.7 Å². The van der Waals surface area contributed by atoms with Crippen molar-refractivity contribution in [1.82, 2.24) is 15.5 Å². The Labute approximate surface area is 144 Å². The quantitative estimate of drug-likeness (QED) is 0.767. The molecule has 132 valence electrons. The molecule has 1 heterocycles. The van der Waals surface area contributed by atoms with Gasteiger partial charge in [0.05, 0.1) is 6.04 Å². The molecule has 24 heavy (non-hydrogen) atoms. The third kappa shape index (κ3) is 4.71. The van der Waals surface area contributed by atoms with Gasteiger partial charge in [-0.1, -0.05) is 12.1 Å². The second-order valence-electron chi connectivity index (χ2n) is 6.31. The number of nitrogens with zero attached hydrogens (tertiary/aromatic N) is 2. The van der Waals surface area contributed by atoms with Gasteiger partial charge < -0.3 is 15.5 Å². The second kappa shape index (κ2) is 8.68. The van der Waals surface area contributed by atoms with E-state index in [1.165, 1.54) is 18.4 Å². The van der Waals surface area contributed by atoms with E-state index in [-0.39, 0.29) is 6.04 Å². The maximum Gasteiger partial charge on any atom is 0.309 e. The Morgan fingerprint density at radius 2 is 1.67 bits per heavy atom. The number of likely N-dealkylation sites (N-methyl/N-ethyl adjacent to an activating group) is 1. The van der Waals surface area contributed by atoms with Crippen molar-refractivity contribution in [3.05, 3.63) is 29.8 Å². The van der Waals surface area contributed by atoms with E-state index in [1.54, 1.807) is 6.92 Å². The summed E-state index contributed by atoms with van der Waals surface area (Å²) in [6.07, 6.45) is 2.35. The Morgan fingerprint density at radius 3 is 2.21 bits per heavy atom. The molecular weight excluding hydrogens is 304 g/mol. The fourth-order valence-electron chi connectivity index (χ4n) is 3.02. The molecule has 0 saturated carbocycles. The molecule has 1 aliphatic heterocycles. The van der Waals surface area contributed by atoms with Crippen LogP contribution >= 0.6 is 0 Å². The zero-order valence-electron chi connectivity index (χ0n) is 14.8. The van der Waals surface area contributed by atoms with Gasteiger partial charge in [0.25, 0.3) is 0 Å². The van der Waals surface area contributed by atoms with Crippen molar-refractivity contribution in [1.29, 1.82) is 0 Å². The van der Waals surface area contributed by atoms with Gasteiger partial charge in [0.1, 0.15) is 0 Å². The molecule has 0 spiro atoms. The summed E-state index contributed by atoms with van der Waals surface area (Å²) < 4.78 is 0. The van der Waals surface area contributed by atoms with Gasteiger partial charge in [0, 0.05) is 32.9 Å². The average molecular weight is 332 g/mol. The van der Waals surface area contributed by atoms with E-state index < -0.39 is 11.8 Å². The van der Waals surface area contributed by atoms with Crippen molar-refractivity contribution >= 4 is 17.5 Å². The third-order valence-electron chi connectivity index (χ3n) is 4.38. The van der Waals surface area contributed by atoms with E-state index in [0.29, 0.717) is 13.1 Å². The fourth-order valence-corrected chi connectivity index (χ4v) is 3.02. The van der Waals surface area contributed by atoms with Crippen LogP contribution in [0.1, 0.15) is 31.4 Å². The smallest absolute Gasteiger partial charge is 0.309 e. The molecule has 2 rings (SSSR count). The van der Waals surface area contributed by atoms with Crippen LogP contribution in [0, 0.1) is 0 Å². The molecule has 6 nitrogen and oxygen atoms in total. The lowest BCUT2D eigenvalue weighted by atomic mass is 10.0. The number of amides is 2. The summed E-state index contributed by atoms with van der Waals surface area (Å²) in [6.45, 7) is 4.74. The predicted molar refractivity (Wildman–Crippen MR) is 96.0 cm³/mol. The minimum absolute atomic E-state index is 0.0992. The standard InChI is InChI=1S/C18H28N4O2/c1-4-19-17(23)18(24)20-13-16(22-11-5-6-12-22)14-7-9-15(10-8-14)21(2)3/h7-10,16H,4-6,11-13H2,1-3H3,(H,19,23)(H,20,24)/t16-/m0/s1. The number of hydrogen-bond donors (Lipinski definition) is 2. The van der Waals surface area contributed by atoms with Crippen LogP contribution < -0.4 is 15.5 Å². The van der Waals surface area contributed by atoms with Crippen molar-refractivity contribution in [2.24, 2.45) is 0 Å². The monoisotopic (exact) mass is 332 g/mol.